The molecule has 2 aliphatic rings. The lowest BCUT2D eigenvalue weighted by atomic mass is 9.77. The second-order valence-electron chi connectivity index (χ2n) is 11.8. The average Bonchev–Trinajstić information content (AvgIpc) is 3.27. The van der Waals surface area contributed by atoms with Crippen LogP contribution in [-0.2, 0) is 18.4 Å². The number of carbonyl (C=O) groups excluding carboxylic acids is 1. The predicted octanol–water partition coefficient (Wildman–Crippen LogP) is 4.55. The van der Waals surface area contributed by atoms with Gasteiger partial charge in [0, 0.05) is 12.5 Å². The second-order valence-corrected chi connectivity index (χ2v) is 21.3. The molecule has 28 heavy (non-hydrogen) atoms. The molecule has 5 nitrogen and oxygen atoms in total. The van der Waals surface area contributed by atoms with E-state index in [2.05, 4.69) is 80.0 Å². The number of carbonyl (C=O) groups is 1. The van der Waals surface area contributed by atoms with Crippen molar-refractivity contribution in [2.45, 2.75) is 103 Å². The van der Waals surface area contributed by atoms with Crippen LogP contribution in [0, 0.1) is 11.8 Å². The molecule has 0 spiro atoms. The van der Waals surface area contributed by atoms with Crippen molar-refractivity contribution in [1.29, 1.82) is 0 Å². The normalized spacial score (nSPS) is 28.4. The minimum absolute atomic E-state index is 0.0736. The Balaban J connectivity index is 2.08. The van der Waals surface area contributed by atoms with Crippen molar-refractivity contribution in [2.75, 3.05) is 13.2 Å². The van der Waals surface area contributed by atoms with Gasteiger partial charge < -0.3 is 18.9 Å². The lowest BCUT2D eigenvalue weighted by molar-refractivity contribution is -0.143. The van der Waals surface area contributed by atoms with E-state index in [1.165, 1.54) is 0 Å². The van der Waals surface area contributed by atoms with Gasteiger partial charge in [-0.05, 0) is 43.2 Å². The molecule has 0 radical (unpaired) electrons. The summed E-state index contributed by atoms with van der Waals surface area (Å²) in [6.07, 6.45) is 0.103. The van der Waals surface area contributed by atoms with Crippen LogP contribution in [-0.4, -0.2) is 54.0 Å². The standard InChI is InChI=1S/C21H43NO4Si2/c1-14(26-28(10,11)21(5,6)7)17-18(22-19(17)23)15(16-13-24-16)12-25-27(8,9)20(2,3)4/h14-18H,12-13H2,1-11H3,(H,22,23)/t14-,15+,16-,17-,18-/m1/s1. The first-order valence-electron chi connectivity index (χ1n) is 10.7. The van der Waals surface area contributed by atoms with Crippen LogP contribution in [0.3, 0.4) is 0 Å². The molecule has 2 saturated heterocycles. The SMILES string of the molecule is C[C@@H](O[Si](C)(C)C(C)(C)C)[C@H]1C(=O)N[C@@H]1[C@@H](CO[Si](C)(C)C(C)(C)C)[C@H]1CO1. The van der Waals surface area contributed by atoms with Crippen molar-refractivity contribution < 1.29 is 18.4 Å². The van der Waals surface area contributed by atoms with E-state index in [0.717, 1.165) is 6.61 Å². The second kappa shape index (κ2) is 7.80. The molecule has 0 aliphatic carbocycles. The van der Waals surface area contributed by atoms with Gasteiger partial charge in [0.15, 0.2) is 16.6 Å². The summed E-state index contributed by atoms with van der Waals surface area (Å²) in [7, 11) is -3.77. The Morgan fingerprint density at radius 3 is 1.96 bits per heavy atom. The van der Waals surface area contributed by atoms with Gasteiger partial charge in [-0.3, -0.25) is 4.79 Å². The quantitative estimate of drug-likeness (QED) is 0.349. The molecule has 2 heterocycles. The number of hydrogen-bond donors (Lipinski definition) is 1. The van der Waals surface area contributed by atoms with Gasteiger partial charge in [-0.25, -0.2) is 0 Å². The summed E-state index contributed by atoms with van der Waals surface area (Å²) in [6.45, 7) is 26.0. The van der Waals surface area contributed by atoms with Crippen molar-refractivity contribution in [3.63, 3.8) is 0 Å². The number of amides is 1. The minimum Gasteiger partial charge on any atom is -0.416 e. The van der Waals surface area contributed by atoms with Gasteiger partial charge in [0.05, 0.1) is 30.8 Å². The predicted molar refractivity (Wildman–Crippen MR) is 120 cm³/mol. The van der Waals surface area contributed by atoms with Crippen molar-refractivity contribution in [3.8, 4) is 0 Å². The van der Waals surface area contributed by atoms with Crippen LogP contribution in [0.25, 0.3) is 0 Å². The van der Waals surface area contributed by atoms with Crippen LogP contribution in [0.2, 0.25) is 36.3 Å². The van der Waals surface area contributed by atoms with Crippen LogP contribution in [0.4, 0.5) is 0 Å². The van der Waals surface area contributed by atoms with Crippen molar-refractivity contribution in [2.24, 2.45) is 11.8 Å². The highest BCUT2D eigenvalue weighted by Crippen LogP contribution is 2.42. The molecule has 7 heteroatoms. The molecule has 1 N–H and O–H groups in total. The average molecular weight is 430 g/mol. The lowest BCUT2D eigenvalue weighted by Crippen LogP contribution is -2.67. The highest BCUT2D eigenvalue weighted by molar-refractivity contribution is 6.74. The molecule has 0 aromatic heterocycles. The molecular formula is C21H43NO4Si2. The van der Waals surface area contributed by atoms with E-state index in [0.29, 0.717) is 6.61 Å². The maximum absolute atomic E-state index is 12.5. The van der Waals surface area contributed by atoms with E-state index in [1.807, 2.05) is 0 Å². The number of β-lactam (4-membered cyclic amide) rings is 1. The Kier molecular flexibility index (Phi) is 6.70. The van der Waals surface area contributed by atoms with E-state index in [-0.39, 0.29) is 46.1 Å². The van der Waals surface area contributed by atoms with Gasteiger partial charge in [-0.2, -0.15) is 0 Å². The largest absolute Gasteiger partial charge is 0.416 e. The van der Waals surface area contributed by atoms with E-state index in [4.69, 9.17) is 13.6 Å². The molecule has 1 amide bonds. The number of epoxide rings is 1. The van der Waals surface area contributed by atoms with Crippen molar-refractivity contribution in [3.05, 3.63) is 0 Å². The highest BCUT2D eigenvalue weighted by atomic mass is 28.4. The van der Waals surface area contributed by atoms with Gasteiger partial charge in [0.1, 0.15) is 0 Å². The Morgan fingerprint density at radius 1 is 1.07 bits per heavy atom. The summed E-state index contributed by atoms with van der Waals surface area (Å²) < 4.78 is 18.7. The number of ether oxygens (including phenoxy) is 1. The third-order valence-electron chi connectivity index (χ3n) is 7.53. The number of rotatable bonds is 8. The van der Waals surface area contributed by atoms with Gasteiger partial charge in [-0.1, -0.05) is 41.5 Å². The van der Waals surface area contributed by atoms with Crippen LogP contribution in [0.5, 0.6) is 0 Å². The van der Waals surface area contributed by atoms with E-state index in [9.17, 15) is 4.79 Å². The third kappa shape index (κ3) is 5.09. The van der Waals surface area contributed by atoms with Crippen LogP contribution >= 0.6 is 0 Å². The summed E-state index contributed by atoms with van der Waals surface area (Å²) in [5.41, 5.74) is 0. The number of nitrogens with one attached hydrogen (secondary N) is 1. The zero-order valence-electron chi connectivity index (χ0n) is 19.9. The Labute approximate surface area is 174 Å². The van der Waals surface area contributed by atoms with Gasteiger partial charge in [0.2, 0.25) is 5.91 Å². The van der Waals surface area contributed by atoms with E-state index < -0.39 is 16.6 Å². The molecule has 0 unspecified atom stereocenters. The Bertz CT molecular complexity index is 576. The molecule has 0 aromatic carbocycles. The summed E-state index contributed by atoms with van der Waals surface area (Å²) in [4.78, 5) is 12.5. The maximum Gasteiger partial charge on any atom is 0.228 e. The van der Waals surface area contributed by atoms with Crippen molar-refractivity contribution >= 4 is 22.5 Å². The van der Waals surface area contributed by atoms with Gasteiger partial charge in [0.25, 0.3) is 0 Å². The summed E-state index contributed by atoms with van der Waals surface area (Å²) in [5, 5.41) is 3.44. The molecule has 0 saturated carbocycles. The van der Waals surface area contributed by atoms with Gasteiger partial charge in [-0.15, -0.1) is 0 Å². The fraction of sp³-hybridized carbons (Fsp3) is 0.952. The first kappa shape index (κ1) is 24.1. The molecule has 0 aromatic rings. The fourth-order valence-corrected chi connectivity index (χ4v) is 5.75. The molecule has 2 aliphatic heterocycles. The molecule has 164 valence electrons. The van der Waals surface area contributed by atoms with Crippen LogP contribution in [0.15, 0.2) is 0 Å². The molecule has 0 bridgehead atoms. The minimum atomic E-state index is -1.93. The number of hydrogen-bond acceptors (Lipinski definition) is 4. The van der Waals surface area contributed by atoms with Gasteiger partial charge >= 0.3 is 0 Å². The highest BCUT2D eigenvalue weighted by Gasteiger charge is 2.54. The van der Waals surface area contributed by atoms with Crippen molar-refractivity contribution in [1.82, 2.24) is 5.32 Å². The van der Waals surface area contributed by atoms with Crippen LogP contribution in [0.1, 0.15) is 48.5 Å². The van der Waals surface area contributed by atoms with E-state index >= 15 is 0 Å². The Hall–Kier alpha value is -0.216. The molecular weight excluding hydrogens is 386 g/mol. The lowest BCUT2D eigenvalue weighted by Gasteiger charge is -2.48. The maximum atomic E-state index is 12.5. The third-order valence-corrected chi connectivity index (χ3v) is 16.6. The summed E-state index contributed by atoms with van der Waals surface area (Å²) in [6, 6.07) is 0.0736. The first-order valence-corrected chi connectivity index (χ1v) is 16.5. The fourth-order valence-electron chi connectivity index (χ4n) is 3.28. The topological polar surface area (TPSA) is 60.1 Å². The summed E-state index contributed by atoms with van der Waals surface area (Å²) >= 11 is 0. The molecule has 5 atom stereocenters. The smallest absolute Gasteiger partial charge is 0.228 e. The Morgan fingerprint density at radius 2 is 1.57 bits per heavy atom. The zero-order chi connectivity index (χ0) is 21.7. The molecule has 2 rings (SSSR count). The zero-order valence-corrected chi connectivity index (χ0v) is 21.9. The summed E-state index contributed by atoms with van der Waals surface area (Å²) in [5.74, 6) is 0.183. The monoisotopic (exact) mass is 429 g/mol. The molecule has 2 fully saturated rings. The van der Waals surface area contributed by atoms with E-state index in [1.54, 1.807) is 0 Å². The van der Waals surface area contributed by atoms with Crippen LogP contribution < -0.4 is 5.32 Å². The first-order chi connectivity index (χ1) is 12.5.